The van der Waals surface area contributed by atoms with Gasteiger partial charge in [0.1, 0.15) is 0 Å². The van der Waals surface area contributed by atoms with Crippen LogP contribution >= 0.6 is 11.6 Å². The second kappa shape index (κ2) is 25.9. The van der Waals surface area contributed by atoms with Crippen molar-refractivity contribution in [1.29, 1.82) is 0 Å². The lowest BCUT2D eigenvalue weighted by Crippen LogP contribution is -2.19. The first-order valence-corrected chi connectivity index (χ1v) is 12.5. The normalized spacial score (nSPS) is 11.9. The van der Waals surface area contributed by atoms with Crippen molar-refractivity contribution in [3.8, 4) is 0 Å². The fraction of sp³-hybridized carbons (Fsp3) is 0.917. The summed E-state index contributed by atoms with van der Waals surface area (Å²) in [6.07, 6.45) is 21.9. The zero-order valence-corrected chi connectivity index (χ0v) is 19.4. The first-order chi connectivity index (χ1) is 14.3. The molecular weight excluding hydrogens is 388 g/mol. The topological polar surface area (TPSA) is 58.9 Å². The minimum absolute atomic E-state index is 0.0795. The van der Waals surface area contributed by atoms with Crippen molar-refractivity contribution in [1.82, 2.24) is 0 Å². The molecule has 0 spiro atoms. The van der Waals surface area contributed by atoms with Crippen LogP contribution in [0.5, 0.6) is 0 Å². The van der Waals surface area contributed by atoms with Gasteiger partial charge in [0, 0.05) is 32.3 Å². The van der Waals surface area contributed by atoms with Crippen molar-refractivity contribution >= 4 is 11.6 Å². The molecular formula is C24H47ClO4. The molecule has 0 aromatic carbocycles. The van der Waals surface area contributed by atoms with Gasteiger partial charge in [-0.15, -0.1) is 11.6 Å². The lowest BCUT2D eigenvalue weighted by molar-refractivity contribution is -0.148. The summed E-state index contributed by atoms with van der Waals surface area (Å²) < 4.78 is 12.0. The molecule has 0 unspecified atom stereocenters. The van der Waals surface area contributed by atoms with Crippen molar-refractivity contribution < 1.29 is 19.7 Å². The van der Waals surface area contributed by atoms with Gasteiger partial charge in [-0.2, -0.15) is 0 Å². The molecule has 0 amide bonds. The van der Waals surface area contributed by atoms with Gasteiger partial charge in [-0.25, -0.2) is 0 Å². The molecule has 0 saturated heterocycles. The molecule has 5 heteroatoms. The Morgan fingerprint density at radius 1 is 0.586 bits per heavy atom. The van der Waals surface area contributed by atoms with E-state index in [4.69, 9.17) is 31.3 Å². The van der Waals surface area contributed by atoms with Gasteiger partial charge in [-0.3, -0.25) is 0 Å². The Morgan fingerprint density at radius 2 is 1.07 bits per heavy atom. The molecule has 0 saturated carbocycles. The van der Waals surface area contributed by atoms with Crippen molar-refractivity contribution in [2.45, 2.75) is 109 Å². The van der Waals surface area contributed by atoms with Crippen LogP contribution in [0.25, 0.3) is 0 Å². The summed E-state index contributed by atoms with van der Waals surface area (Å²) in [7, 11) is 0. The summed E-state index contributed by atoms with van der Waals surface area (Å²) in [5, 5.41) is 17.7. The average Bonchev–Trinajstić information content (AvgIpc) is 2.73. The smallest absolute Gasteiger partial charge is 0.157 e. The molecule has 0 fully saturated rings. The first-order valence-electron chi connectivity index (χ1n) is 12.0. The van der Waals surface area contributed by atoms with Gasteiger partial charge in [-0.1, -0.05) is 57.1 Å². The second-order valence-corrected chi connectivity index (χ2v) is 8.12. The third kappa shape index (κ3) is 24.0. The number of halogens is 1. The van der Waals surface area contributed by atoms with Gasteiger partial charge in [0.25, 0.3) is 0 Å². The van der Waals surface area contributed by atoms with E-state index in [1.807, 2.05) is 0 Å². The Hall–Kier alpha value is -0.130. The number of allylic oxidation sites excluding steroid dienone is 2. The number of hydrogen-bond donors (Lipinski definition) is 2. The SMILES string of the molecule is OCCCCCCOC(CCCCCCC/C=C\CCCl)OCCCCCCO. The van der Waals surface area contributed by atoms with Crippen LogP contribution in [0, 0.1) is 0 Å². The van der Waals surface area contributed by atoms with Crippen LogP contribution in [-0.4, -0.2) is 48.8 Å². The molecule has 0 heterocycles. The highest BCUT2D eigenvalue weighted by atomic mass is 35.5. The lowest BCUT2D eigenvalue weighted by Gasteiger charge is -2.19. The predicted molar refractivity (Wildman–Crippen MR) is 124 cm³/mol. The summed E-state index contributed by atoms with van der Waals surface area (Å²) in [6.45, 7) is 2.06. The molecule has 0 aliphatic carbocycles. The molecule has 2 N–H and O–H groups in total. The monoisotopic (exact) mass is 434 g/mol. The zero-order chi connectivity index (χ0) is 21.3. The summed E-state index contributed by atoms with van der Waals surface area (Å²) in [4.78, 5) is 0. The number of rotatable bonds is 24. The zero-order valence-electron chi connectivity index (χ0n) is 18.7. The molecule has 0 aromatic rings. The van der Waals surface area contributed by atoms with Crippen LogP contribution in [0.2, 0.25) is 0 Å². The number of hydrogen-bond acceptors (Lipinski definition) is 4. The van der Waals surface area contributed by atoms with E-state index in [-0.39, 0.29) is 19.5 Å². The van der Waals surface area contributed by atoms with Gasteiger partial charge < -0.3 is 19.7 Å². The highest BCUT2D eigenvalue weighted by Gasteiger charge is 2.09. The van der Waals surface area contributed by atoms with E-state index in [0.717, 1.165) is 90.3 Å². The third-order valence-electron chi connectivity index (χ3n) is 4.97. The first kappa shape index (κ1) is 28.9. The van der Waals surface area contributed by atoms with Crippen molar-refractivity contribution in [3.05, 3.63) is 12.2 Å². The number of alkyl halides is 1. The van der Waals surface area contributed by atoms with Crippen molar-refractivity contribution in [2.24, 2.45) is 0 Å². The summed E-state index contributed by atoms with van der Waals surface area (Å²) in [5.74, 6) is 0.715. The highest BCUT2D eigenvalue weighted by molar-refractivity contribution is 6.17. The van der Waals surface area contributed by atoms with Crippen LogP contribution in [0.3, 0.4) is 0 Å². The number of ether oxygens (including phenoxy) is 2. The fourth-order valence-electron chi connectivity index (χ4n) is 3.18. The van der Waals surface area contributed by atoms with Gasteiger partial charge in [0.15, 0.2) is 6.29 Å². The third-order valence-corrected chi connectivity index (χ3v) is 5.18. The molecule has 0 aromatic heterocycles. The Kier molecular flexibility index (Phi) is 25.8. The standard InChI is InChI=1S/C24H47ClO4/c25-19-13-7-5-3-1-2-4-6-12-18-24(28-22-16-10-8-14-20-26)29-23-17-11-9-15-21-27/h5,7,24,26-27H,1-4,6,8-23H2/b7-5-. The lowest BCUT2D eigenvalue weighted by atomic mass is 10.1. The van der Waals surface area contributed by atoms with Crippen LogP contribution in [0.15, 0.2) is 12.2 Å². The fourth-order valence-corrected chi connectivity index (χ4v) is 3.31. The maximum atomic E-state index is 8.84. The van der Waals surface area contributed by atoms with Crippen LogP contribution < -0.4 is 0 Å². The molecule has 29 heavy (non-hydrogen) atoms. The Morgan fingerprint density at radius 3 is 1.66 bits per heavy atom. The van der Waals surface area contributed by atoms with Crippen LogP contribution in [-0.2, 0) is 9.47 Å². The summed E-state index contributed by atoms with van der Waals surface area (Å²) >= 11 is 5.65. The molecule has 0 rings (SSSR count). The van der Waals surface area contributed by atoms with Crippen LogP contribution in [0.4, 0.5) is 0 Å². The van der Waals surface area contributed by atoms with Crippen molar-refractivity contribution in [2.75, 3.05) is 32.3 Å². The molecule has 0 aliphatic heterocycles. The number of unbranched alkanes of at least 4 members (excludes halogenated alkanes) is 11. The Labute approximate surface area is 185 Å². The molecule has 174 valence electrons. The van der Waals surface area contributed by atoms with E-state index in [1.165, 1.54) is 25.7 Å². The molecule has 0 bridgehead atoms. The minimum Gasteiger partial charge on any atom is -0.396 e. The molecule has 4 nitrogen and oxygen atoms in total. The minimum atomic E-state index is -0.0795. The van der Waals surface area contributed by atoms with E-state index in [0.29, 0.717) is 5.88 Å². The van der Waals surface area contributed by atoms with Gasteiger partial charge >= 0.3 is 0 Å². The van der Waals surface area contributed by atoms with Gasteiger partial charge in [0.2, 0.25) is 0 Å². The van der Waals surface area contributed by atoms with E-state index >= 15 is 0 Å². The maximum Gasteiger partial charge on any atom is 0.157 e. The van der Waals surface area contributed by atoms with Crippen LogP contribution in [0.1, 0.15) is 103 Å². The molecule has 0 atom stereocenters. The average molecular weight is 435 g/mol. The summed E-state index contributed by atoms with van der Waals surface area (Å²) in [5.41, 5.74) is 0. The molecule has 0 aliphatic rings. The van der Waals surface area contributed by atoms with E-state index in [2.05, 4.69) is 12.2 Å². The molecule has 0 radical (unpaired) electrons. The maximum absolute atomic E-state index is 8.84. The predicted octanol–water partition coefficient (Wildman–Crippen LogP) is 6.37. The number of aliphatic hydroxyl groups excluding tert-OH is 2. The number of aliphatic hydroxyl groups is 2. The Balaban J connectivity index is 3.79. The Bertz CT molecular complexity index is 310. The van der Waals surface area contributed by atoms with E-state index in [9.17, 15) is 0 Å². The second-order valence-electron chi connectivity index (χ2n) is 7.74. The van der Waals surface area contributed by atoms with E-state index < -0.39 is 0 Å². The largest absolute Gasteiger partial charge is 0.396 e. The highest BCUT2D eigenvalue weighted by Crippen LogP contribution is 2.13. The quantitative estimate of drug-likeness (QED) is 0.0801. The van der Waals surface area contributed by atoms with Gasteiger partial charge in [-0.05, 0) is 57.8 Å². The van der Waals surface area contributed by atoms with E-state index in [1.54, 1.807) is 0 Å². The summed E-state index contributed by atoms with van der Waals surface area (Å²) in [6, 6.07) is 0. The van der Waals surface area contributed by atoms with Crippen molar-refractivity contribution in [3.63, 3.8) is 0 Å². The van der Waals surface area contributed by atoms with Gasteiger partial charge in [0.05, 0.1) is 0 Å².